The highest BCUT2D eigenvalue weighted by atomic mass is 32.2. The van der Waals surface area contributed by atoms with Crippen molar-refractivity contribution in [1.82, 2.24) is 14.5 Å². The van der Waals surface area contributed by atoms with E-state index in [1.165, 1.54) is 11.8 Å². The number of non-ortho nitro benzene ring substituents is 1. The van der Waals surface area contributed by atoms with Crippen LogP contribution < -0.4 is 0 Å². The lowest BCUT2D eigenvalue weighted by atomic mass is 10.1. The van der Waals surface area contributed by atoms with E-state index in [4.69, 9.17) is 4.99 Å². The van der Waals surface area contributed by atoms with Crippen LogP contribution in [0.3, 0.4) is 0 Å². The first-order valence-corrected chi connectivity index (χ1v) is 10.0. The number of nitro benzene ring substituents is 1. The van der Waals surface area contributed by atoms with Gasteiger partial charge in [-0.15, -0.1) is 0 Å². The van der Waals surface area contributed by atoms with Gasteiger partial charge in [-0.25, -0.2) is 9.98 Å². The highest BCUT2D eigenvalue weighted by Crippen LogP contribution is 2.30. The molecular weight excluding hydrogens is 362 g/mol. The first-order chi connectivity index (χ1) is 12.8. The number of thioether (sulfide) groups is 1. The van der Waals surface area contributed by atoms with Crippen molar-refractivity contribution < 1.29 is 4.92 Å². The summed E-state index contributed by atoms with van der Waals surface area (Å²) in [7, 11) is 2.06. The highest BCUT2D eigenvalue weighted by molar-refractivity contribution is 8.14. The van der Waals surface area contributed by atoms with Gasteiger partial charge in [0, 0.05) is 55.8 Å². The zero-order chi connectivity index (χ0) is 19.6. The fraction of sp³-hybridized carbons (Fsp3) is 0.474. The molecule has 1 atom stereocenters. The van der Waals surface area contributed by atoms with E-state index in [9.17, 15) is 10.1 Å². The van der Waals surface area contributed by atoms with Gasteiger partial charge >= 0.3 is 0 Å². The molecule has 1 aliphatic rings. The number of imidazole rings is 1. The SMILES string of the molecule is Cc1cc([N+](=O)[O-])ccc1N=C1SC[C@H](Cc2cncn2CC(C)C)N1C. The van der Waals surface area contributed by atoms with Crippen molar-refractivity contribution in [2.75, 3.05) is 12.8 Å². The second-order valence-electron chi connectivity index (χ2n) is 7.33. The molecule has 27 heavy (non-hydrogen) atoms. The molecule has 1 saturated heterocycles. The van der Waals surface area contributed by atoms with Crippen LogP contribution in [0.2, 0.25) is 0 Å². The van der Waals surface area contributed by atoms with E-state index in [1.54, 1.807) is 23.9 Å². The van der Waals surface area contributed by atoms with Crippen molar-refractivity contribution >= 4 is 28.3 Å². The first-order valence-electron chi connectivity index (χ1n) is 9.03. The molecule has 1 aromatic carbocycles. The van der Waals surface area contributed by atoms with Crippen LogP contribution in [0.1, 0.15) is 25.1 Å². The molecule has 2 aromatic rings. The Hall–Kier alpha value is -2.35. The predicted molar refractivity (Wildman–Crippen MR) is 110 cm³/mol. The number of aromatic nitrogens is 2. The Morgan fingerprint density at radius 2 is 2.22 bits per heavy atom. The van der Waals surface area contributed by atoms with Crippen molar-refractivity contribution in [3.8, 4) is 0 Å². The number of nitrogens with zero attached hydrogens (tertiary/aromatic N) is 5. The third-order valence-electron chi connectivity index (χ3n) is 4.67. The number of rotatable bonds is 6. The molecule has 8 heteroatoms. The number of aryl methyl sites for hydroxylation is 1. The Kier molecular flexibility index (Phi) is 5.84. The average Bonchev–Trinajstić information content (AvgIpc) is 3.17. The van der Waals surface area contributed by atoms with Crippen molar-refractivity contribution in [2.24, 2.45) is 10.9 Å². The lowest BCUT2D eigenvalue weighted by molar-refractivity contribution is -0.384. The summed E-state index contributed by atoms with van der Waals surface area (Å²) in [6, 6.07) is 5.16. The zero-order valence-corrected chi connectivity index (χ0v) is 16.9. The maximum Gasteiger partial charge on any atom is 0.269 e. The molecule has 144 valence electrons. The second kappa shape index (κ2) is 8.12. The van der Waals surface area contributed by atoms with Crippen LogP contribution in [0.25, 0.3) is 0 Å². The fourth-order valence-corrected chi connectivity index (χ4v) is 4.35. The van der Waals surface area contributed by atoms with Crippen LogP contribution in [0.4, 0.5) is 11.4 Å². The van der Waals surface area contributed by atoms with Crippen LogP contribution in [0.15, 0.2) is 35.7 Å². The van der Waals surface area contributed by atoms with Gasteiger partial charge in [-0.1, -0.05) is 25.6 Å². The minimum absolute atomic E-state index is 0.0974. The number of nitro groups is 1. The van der Waals surface area contributed by atoms with Gasteiger partial charge in [0.15, 0.2) is 5.17 Å². The number of aliphatic imine (C=N–C) groups is 1. The van der Waals surface area contributed by atoms with E-state index in [-0.39, 0.29) is 10.6 Å². The molecule has 1 aromatic heterocycles. The van der Waals surface area contributed by atoms with Crippen molar-refractivity contribution in [3.63, 3.8) is 0 Å². The Bertz CT molecular complexity index is 862. The molecule has 0 aliphatic carbocycles. The minimum Gasteiger partial charge on any atom is -0.350 e. The Morgan fingerprint density at radius 3 is 2.89 bits per heavy atom. The van der Waals surface area contributed by atoms with E-state index in [2.05, 4.69) is 35.3 Å². The molecule has 0 saturated carbocycles. The van der Waals surface area contributed by atoms with Crippen LogP contribution >= 0.6 is 11.8 Å². The fourth-order valence-electron chi connectivity index (χ4n) is 3.15. The Morgan fingerprint density at radius 1 is 1.44 bits per heavy atom. The summed E-state index contributed by atoms with van der Waals surface area (Å²) in [6.07, 6.45) is 4.79. The van der Waals surface area contributed by atoms with Gasteiger partial charge in [-0.3, -0.25) is 10.1 Å². The molecule has 1 fully saturated rings. The quantitative estimate of drug-likeness (QED) is 0.552. The van der Waals surface area contributed by atoms with E-state index in [0.717, 1.165) is 35.1 Å². The first kappa shape index (κ1) is 19.4. The summed E-state index contributed by atoms with van der Waals surface area (Å²) in [4.78, 5) is 21.8. The predicted octanol–water partition coefficient (Wildman–Crippen LogP) is 4.03. The van der Waals surface area contributed by atoms with Crippen LogP contribution in [0, 0.1) is 23.0 Å². The van der Waals surface area contributed by atoms with E-state index in [1.807, 2.05) is 19.4 Å². The second-order valence-corrected chi connectivity index (χ2v) is 8.32. The van der Waals surface area contributed by atoms with Gasteiger partial charge in [0.05, 0.1) is 16.9 Å². The molecule has 0 unspecified atom stereocenters. The molecule has 1 aliphatic heterocycles. The van der Waals surface area contributed by atoms with Gasteiger partial charge in [0.1, 0.15) is 0 Å². The number of hydrogen-bond acceptors (Lipinski definition) is 5. The van der Waals surface area contributed by atoms with E-state index in [0.29, 0.717) is 12.0 Å². The summed E-state index contributed by atoms with van der Waals surface area (Å²) >= 11 is 1.73. The summed E-state index contributed by atoms with van der Waals surface area (Å²) in [5.41, 5.74) is 2.93. The zero-order valence-electron chi connectivity index (χ0n) is 16.1. The van der Waals surface area contributed by atoms with Crippen LogP contribution in [0.5, 0.6) is 0 Å². The third kappa shape index (κ3) is 4.50. The van der Waals surface area contributed by atoms with E-state index < -0.39 is 0 Å². The molecular formula is C19H25N5O2S. The maximum absolute atomic E-state index is 10.9. The summed E-state index contributed by atoms with van der Waals surface area (Å²) < 4.78 is 2.23. The van der Waals surface area contributed by atoms with Crippen molar-refractivity contribution in [2.45, 2.75) is 39.8 Å². The summed E-state index contributed by atoms with van der Waals surface area (Å²) in [5, 5.41) is 11.9. The monoisotopic (exact) mass is 387 g/mol. The van der Waals surface area contributed by atoms with E-state index >= 15 is 0 Å². The van der Waals surface area contributed by atoms with Crippen molar-refractivity contribution in [1.29, 1.82) is 0 Å². The van der Waals surface area contributed by atoms with Crippen LogP contribution in [-0.2, 0) is 13.0 Å². The molecule has 0 radical (unpaired) electrons. The van der Waals surface area contributed by atoms with Gasteiger partial charge in [0.2, 0.25) is 0 Å². The summed E-state index contributed by atoms with van der Waals surface area (Å²) in [5.74, 6) is 1.55. The third-order valence-corrected chi connectivity index (χ3v) is 5.86. The largest absolute Gasteiger partial charge is 0.350 e. The lowest BCUT2D eigenvalue weighted by Gasteiger charge is -2.22. The normalized spacial score (nSPS) is 18.6. The number of likely N-dealkylation sites (N-methyl/N-ethyl adjacent to an activating group) is 1. The molecule has 2 heterocycles. The van der Waals surface area contributed by atoms with Gasteiger partial charge in [0.25, 0.3) is 5.69 Å². The molecule has 7 nitrogen and oxygen atoms in total. The van der Waals surface area contributed by atoms with Gasteiger partial charge < -0.3 is 9.47 Å². The standard InChI is InChI=1S/C19H25N5O2S/c1-13(2)10-23-12-20-9-16(23)8-17-11-27-19(22(17)4)21-18-6-5-15(24(25)26)7-14(18)3/h5-7,9,12-13,17H,8,10-11H2,1-4H3/t17-/m0/s1. The Balaban J connectivity index is 1.73. The van der Waals surface area contributed by atoms with Gasteiger partial charge in [-0.2, -0.15) is 0 Å². The maximum atomic E-state index is 10.9. The average molecular weight is 388 g/mol. The smallest absolute Gasteiger partial charge is 0.269 e. The van der Waals surface area contributed by atoms with Gasteiger partial charge in [-0.05, 0) is 24.5 Å². The number of amidine groups is 1. The highest BCUT2D eigenvalue weighted by Gasteiger charge is 2.28. The molecule has 0 N–H and O–H groups in total. The minimum atomic E-state index is -0.378. The van der Waals surface area contributed by atoms with Crippen LogP contribution in [-0.4, -0.2) is 43.4 Å². The topological polar surface area (TPSA) is 76.6 Å². The molecule has 0 amide bonds. The summed E-state index contributed by atoms with van der Waals surface area (Å²) in [6.45, 7) is 7.24. The lowest BCUT2D eigenvalue weighted by Crippen LogP contribution is -2.32. The number of benzene rings is 1. The molecule has 0 bridgehead atoms. The number of hydrogen-bond donors (Lipinski definition) is 0. The van der Waals surface area contributed by atoms with Crippen molar-refractivity contribution in [3.05, 3.63) is 52.1 Å². The Labute approximate surface area is 163 Å². The molecule has 3 rings (SSSR count). The molecule has 0 spiro atoms.